The molecule has 1 saturated heterocycles. The number of benzene rings is 1. The minimum Gasteiger partial charge on any atom is -0.378 e. The van der Waals surface area contributed by atoms with Gasteiger partial charge in [-0.2, -0.15) is 11.8 Å². The molecule has 0 spiro atoms. The van der Waals surface area contributed by atoms with Crippen LogP contribution in [0.4, 0.5) is 11.4 Å². The van der Waals surface area contributed by atoms with Crippen LogP contribution in [0.25, 0.3) is 10.2 Å². The third kappa shape index (κ3) is 2.52. The van der Waals surface area contributed by atoms with E-state index >= 15 is 0 Å². The number of thioether (sulfide) groups is 1. The quantitative estimate of drug-likeness (QED) is 0.690. The molecule has 3 rings (SSSR count). The summed E-state index contributed by atoms with van der Waals surface area (Å²) in [4.78, 5) is 15.0. The topological polar surface area (TPSA) is 68.1 Å². The van der Waals surface area contributed by atoms with Crippen LogP contribution in [-0.4, -0.2) is 27.5 Å². The summed E-state index contributed by atoms with van der Waals surface area (Å²) >= 11 is 3.36. The van der Waals surface area contributed by atoms with Crippen LogP contribution in [0.15, 0.2) is 17.6 Å². The highest BCUT2D eigenvalue weighted by Crippen LogP contribution is 2.35. The van der Waals surface area contributed by atoms with Crippen LogP contribution < -0.4 is 5.32 Å². The van der Waals surface area contributed by atoms with Gasteiger partial charge in [-0.05, 0) is 30.7 Å². The van der Waals surface area contributed by atoms with E-state index in [1.165, 1.54) is 29.9 Å². The number of nitro groups is 1. The lowest BCUT2D eigenvalue weighted by molar-refractivity contribution is -0.382. The van der Waals surface area contributed by atoms with E-state index in [2.05, 4.69) is 10.3 Å². The molecule has 1 aromatic carbocycles. The van der Waals surface area contributed by atoms with Crippen molar-refractivity contribution >= 4 is 44.7 Å². The van der Waals surface area contributed by atoms with E-state index in [4.69, 9.17) is 0 Å². The molecule has 2 aromatic rings. The number of hydrogen-bond donors (Lipinski definition) is 1. The number of hydrogen-bond acceptors (Lipinski definition) is 6. The average Bonchev–Trinajstić information content (AvgIpc) is 3.06. The monoisotopic (exact) mass is 295 g/mol. The maximum absolute atomic E-state index is 11.3. The number of fused-ring (bicyclic) bond motifs is 1. The molecular formula is C12H13N3O2S2. The van der Waals surface area contributed by atoms with Crippen LogP contribution in [0.5, 0.6) is 0 Å². The summed E-state index contributed by atoms with van der Waals surface area (Å²) in [7, 11) is 0. The van der Waals surface area contributed by atoms with Gasteiger partial charge in [-0.3, -0.25) is 10.1 Å². The van der Waals surface area contributed by atoms with Gasteiger partial charge in [0.05, 0.1) is 15.1 Å². The summed E-state index contributed by atoms with van der Waals surface area (Å²) in [6.07, 6.45) is 2.43. The Balaban J connectivity index is 1.88. The van der Waals surface area contributed by atoms with Gasteiger partial charge in [0, 0.05) is 11.8 Å². The van der Waals surface area contributed by atoms with Crippen LogP contribution in [0.1, 0.15) is 12.8 Å². The smallest absolute Gasteiger partial charge is 0.319 e. The van der Waals surface area contributed by atoms with Crippen molar-refractivity contribution in [3.05, 3.63) is 27.8 Å². The molecule has 0 saturated carbocycles. The van der Waals surface area contributed by atoms with Gasteiger partial charge in [0.15, 0.2) is 5.52 Å². The van der Waals surface area contributed by atoms with Gasteiger partial charge in [0.1, 0.15) is 5.69 Å². The average molecular weight is 295 g/mol. The fourth-order valence-electron chi connectivity index (χ4n) is 2.27. The van der Waals surface area contributed by atoms with Gasteiger partial charge in [0.25, 0.3) is 0 Å². The molecule has 5 nitrogen and oxygen atoms in total. The molecule has 1 fully saturated rings. The van der Waals surface area contributed by atoms with Crippen molar-refractivity contribution in [1.82, 2.24) is 4.98 Å². The Bertz CT molecular complexity index is 608. The Morgan fingerprint density at radius 1 is 1.53 bits per heavy atom. The molecule has 0 radical (unpaired) electrons. The second-order valence-corrected chi connectivity index (χ2v) is 6.73. The Morgan fingerprint density at radius 3 is 3.16 bits per heavy atom. The third-order valence-electron chi connectivity index (χ3n) is 3.20. The van der Waals surface area contributed by atoms with Crippen molar-refractivity contribution in [2.24, 2.45) is 0 Å². The normalized spacial score (nSPS) is 18.8. The number of nitrogens with one attached hydrogen (secondary N) is 1. The second-order valence-electron chi connectivity index (χ2n) is 4.43. The lowest BCUT2D eigenvalue weighted by Crippen LogP contribution is -2.14. The summed E-state index contributed by atoms with van der Waals surface area (Å²) in [6, 6.07) is 3.68. The van der Waals surface area contributed by atoms with Gasteiger partial charge < -0.3 is 5.32 Å². The Labute approximate surface area is 118 Å². The molecular weight excluding hydrogens is 282 g/mol. The van der Waals surface area contributed by atoms with Crippen molar-refractivity contribution in [1.29, 1.82) is 0 Å². The summed E-state index contributed by atoms with van der Waals surface area (Å²) < 4.78 is 0.854. The van der Waals surface area contributed by atoms with Crippen molar-refractivity contribution in [2.75, 3.05) is 17.6 Å². The van der Waals surface area contributed by atoms with Crippen molar-refractivity contribution < 1.29 is 4.92 Å². The van der Waals surface area contributed by atoms with Gasteiger partial charge in [-0.1, -0.05) is 0 Å². The lowest BCUT2D eigenvalue weighted by Gasteiger charge is -2.11. The number of nitrogens with zero attached hydrogens (tertiary/aromatic N) is 2. The van der Waals surface area contributed by atoms with Gasteiger partial charge in [0.2, 0.25) is 0 Å². The van der Waals surface area contributed by atoms with Crippen LogP contribution in [0.3, 0.4) is 0 Å². The van der Waals surface area contributed by atoms with E-state index in [1.54, 1.807) is 11.6 Å². The number of aromatic nitrogens is 1. The number of anilines is 1. The maximum Gasteiger partial charge on any atom is 0.319 e. The van der Waals surface area contributed by atoms with Crippen molar-refractivity contribution in [2.45, 2.75) is 18.1 Å². The van der Waals surface area contributed by atoms with Crippen LogP contribution in [0.2, 0.25) is 0 Å². The van der Waals surface area contributed by atoms with E-state index in [-0.39, 0.29) is 10.6 Å². The molecule has 1 aliphatic rings. The fraction of sp³-hybridized carbons (Fsp3) is 0.417. The molecule has 2 heterocycles. The lowest BCUT2D eigenvalue weighted by atomic mass is 10.2. The maximum atomic E-state index is 11.3. The third-order valence-corrected chi connectivity index (χ3v) is 5.39. The minimum atomic E-state index is -0.341. The predicted molar refractivity (Wildman–Crippen MR) is 80.2 cm³/mol. The number of nitro benzene ring substituents is 1. The highest BCUT2D eigenvalue weighted by Gasteiger charge is 2.22. The second kappa shape index (κ2) is 5.34. The molecule has 100 valence electrons. The summed E-state index contributed by atoms with van der Waals surface area (Å²) in [6.45, 7) is 0.779. The van der Waals surface area contributed by atoms with Crippen LogP contribution >= 0.6 is 23.1 Å². The summed E-state index contributed by atoms with van der Waals surface area (Å²) in [5, 5.41) is 15.0. The van der Waals surface area contributed by atoms with Gasteiger partial charge in [-0.15, -0.1) is 11.3 Å². The SMILES string of the molecule is O=[N+]([O-])c1c(NCC2CCCS2)ccc2scnc12. The van der Waals surface area contributed by atoms with E-state index in [0.717, 1.165) is 11.2 Å². The highest BCUT2D eigenvalue weighted by atomic mass is 32.2. The van der Waals surface area contributed by atoms with Crippen LogP contribution in [-0.2, 0) is 0 Å². The van der Waals surface area contributed by atoms with E-state index in [0.29, 0.717) is 16.5 Å². The molecule has 1 atom stereocenters. The molecule has 1 N–H and O–H groups in total. The number of rotatable bonds is 4. The molecule has 1 unspecified atom stereocenters. The summed E-state index contributed by atoms with van der Waals surface area (Å²) in [5.74, 6) is 1.19. The Morgan fingerprint density at radius 2 is 2.42 bits per heavy atom. The molecule has 7 heteroatoms. The van der Waals surface area contributed by atoms with Gasteiger partial charge in [-0.25, -0.2) is 4.98 Å². The molecule has 0 aliphatic carbocycles. The predicted octanol–water partition coefficient (Wildman–Crippen LogP) is 3.51. The zero-order valence-electron chi connectivity index (χ0n) is 10.2. The molecule has 0 bridgehead atoms. The Hall–Kier alpha value is -1.34. The molecule has 19 heavy (non-hydrogen) atoms. The highest BCUT2D eigenvalue weighted by molar-refractivity contribution is 8.00. The first-order valence-electron chi connectivity index (χ1n) is 6.12. The minimum absolute atomic E-state index is 0.0988. The fourth-order valence-corrected chi connectivity index (χ4v) is 4.15. The van der Waals surface area contributed by atoms with E-state index in [9.17, 15) is 10.1 Å². The van der Waals surface area contributed by atoms with Crippen molar-refractivity contribution in [3.63, 3.8) is 0 Å². The molecule has 0 amide bonds. The first-order valence-corrected chi connectivity index (χ1v) is 8.04. The standard InChI is InChI=1S/C12H13N3O2S2/c16-15(17)12-9(13-6-8-2-1-5-18-8)3-4-10-11(12)14-7-19-10/h3-4,7-8,13H,1-2,5-6H2. The zero-order valence-corrected chi connectivity index (χ0v) is 11.8. The summed E-state index contributed by atoms with van der Waals surface area (Å²) in [5.41, 5.74) is 2.81. The number of thiazole rings is 1. The first-order chi connectivity index (χ1) is 9.25. The molecule has 1 aromatic heterocycles. The largest absolute Gasteiger partial charge is 0.378 e. The van der Waals surface area contributed by atoms with Gasteiger partial charge >= 0.3 is 5.69 Å². The van der Waals surface area contributed by atoms with E-state index in [1.807, 2.05) is 17.8 Å². The molecule has 1 aliphatic heterocycles. The zero-order chi connectivity index (χ0) is 13.2. The van der Waals surface area contributed by atoms with E-state index < -0.39 is 0 Å². The van der Waals surface area contributed by atoms with Crippen LogP contribution in [0, 0.1) is 10.1 Å². The first kappa shape index (κ1) is 12.7. The Kier molecular flexibility index (Phi) is 3.56. The van der Waals surface area contributed by atoms with Crippen molar-refractivity contribution in [3.8, 4) is 0 Å².